The summed E-state index contributed by atoms with van der Waals surface area (Å²) in [6.07, 6.45) is 9.89. The van der Waals surface area contributed by atoms with E-state index in [0.29, 0.717) is 5.65 Å². The predicted octanol–water partition coefficient (Wildman–Crippen LogP) is 4.90. The smallest absolute Gasteiger partial charge is 0.181 e. The molecule has 7 nitrogen and oxygen atoms in total. The molecule has 0 aliphatic heterocycles. The Hall–Kier alpha value is -4.00. The molecule has 7 heteroatoms. The molecule has 0 atom stereocenters. The fraction of sp³-hybridized carbons (Fsp3) is 0.0909. The summed E-state index contributed by atoms with van der Waals surface area (Å²) in [5.41, 5.74) is 7.29. The number of fused-ring (bicyclic) bond motifs is 2. The molecule has 29 heavy (non-hydrogen) atoms. The van der Waals surface area contributed by atoms with Crippen molar-refractivity contribution in [2.45, 2.75) is 13.3 Å². The third kappa shape index (κ3) is 3.12. The Morgan fingerprint density at radius 2 is 1.97 bits per heavy atom. The second kappa shape index (κ2) is 6.87. The normalized spacial score (nSPS) is 11.2. The van der Waals surface area contributed by atoms with Crippen LogP contribution in [0.25, 0.3) is 44.5 Å². The van der Waals surface area contributed by atoms with Crippen LogP contribution in [0.2, 0.25) is 0 Å². The average molecular weight is 381 g/mol. The van der Waals surface area contributed by atoms with Gasteiger partial charge in [-0.25, -0.2) is 4.98 Å². The van der Waals surface area contributed by atoms with Crippen molar-refractivity contribution in [2.75, 3.05) is 5.32 Å². The van der Waals surface area contributed by atoms with Crippen LogP contribution in [0.1, 0.15) is 13.3 Å². The Bertz CT molecular complexity index is 1310. The van der Waals surface area contributed by atoms with Crippen LogP contribution < -0.4 is 5.32 Å². The van der Waals surface area contributed by atoms with E-state index in [9.17, 15) is 0 Å². The van der Waals surface area contributed by atoms with Crippen LogP contribution in [0.3, 0.4) is 0 Å². The van der Waals surface area contributed by atoms with Gasteiger partial charge in [0.15, 0.2) is 5.65 Å². The van der Waals surface area contributed by atoms with Gasteiger partial charge in [0.05, 0.1) is 35.0 Å². The van der Waals surface area contributed by atoms with Gasteiger partial charge in [0.25, 0.3) is 0 Å². The van der Waals surface area contributed by atoms with Crippen LogP contribution in [0, 0.1) is 0 Å². The molecular formula is C22H19N7. The van der Waals surface area contributed by atoms with Gasteiger partial charge in [0, 0.05) is 46.2 Å². The number of H-pyrrole nitrogens is 2. The lowest BCUT2D eigenvalue weighted by Gasteiger charge is -2.09. The van der Waals surface area contributed by atoms with Crippen molar-refractivity contribution in [2.24, 2.45) is 0 Å². The zero-order chi connectivity index (χ0) is 19.8. The van der Waals surface area contributed by atoms with Crippen molar-refractivity contribution in [1.29, 1.82) is 0 Å². The summed E-state index contributed by atoms with van der Waals surface area (Å²) in [4.78, 5) is 16.5. The number of hydrogen-bond acceptors (Lipinski definition) is 5. The van der Waals surface area contributed by atoms with Crippen molar-refractivity contribution in [3.63, 3.8) is 0 Å². The first-order valence-corrected chi connectivity index (χ1v) is 9.38. The van der Waals surface area contributed by atoms with Crippen molar-refractivity contribution >= 4 is 27.6 Å². The standard InChI is InChI=1S/C22H19N7/c1-3-13(2)26-17-6-15(9-24-11-17)16-7-18-21(28-29-22(18)25-10-16)19-8-14-4-5-23-12-20(14)27-19/h4-12,26-27H,2-3H2,1H3,(H,25,28,29). The van der Waals surface area contributed by atoms with E-state index in [1.807, 2.05) is 30.7 Å². The summed E-state index contributed by atoms with van der Waals surface area (Å²) in [5.74, 6) is 0. The molecule has 0 aliphatic carbocycles. The Morgan fingerprint density at radius 1 is 1.07 bits per heavy atom. The van der Waals surface area contributed by atoms with Gasteiger partial charge in [-0.1, -0.05) is 13.5 Å². The largest absolute Gasteiger partial charge is 0.358 e. The van der Waals surface area contributed by atoms with Crippen LogP contribution in [-0.4, -0.2) is 30.1 Å². The number of allylic oxidation sites excluding steroid dienone is 1. The lowest BCUT2D eigenvalue weighted by atomic mass is 10.1. The molecule has 0 aromatic carbocycles. The van der Waals surface area contributed by atoms with E-state index in [-0.39, 0.29) is 0 Å². The number of aromatic amines is 2. The molecule has 0 radical (unpaired) electrons. The Kier molecular flexibility index (Phi) is 4.05. The third-order valence-corrected chi connectivity index (χ3v) is 4.92. The van der Waals surface area contributed by atoms with E-state index in [2.05, 4.69) is 61.1 Å². The Labute approximate surface area is 166 Å². The molecule has 0 amide bonds. The lowest BCUT2D eigenvalue weighted by molar-refractivity contribution is 1.10. The van der Waals surface area contributed by atoms with Crippen LogP contribution in [0.4, 0.5) is 5.69 Å². The molecule has 0 spiro atoms. The van der Waals surface area contributed by atoms with Gasteiger partial charge in [-0.2, -0.15) is 5.10 Å². The summed E-state index contributed by atoms with van der Waals surface area (Å²) < 4.78 is 0. The maximum absolute atomic E-state index is 4.53. The quantitative estimate of drug-likeness (QED) is 0.402. The molecule has 0 saturated carbocycles. The molecule has 5 aromatic rings. The lowest BCUT2D eigenvalue weighted by Crippen LogP contribution is -1.97. The van der Waals surface area contributed by atoms with Crippen molar-refractivity contribution < 1.29 is 0 Å². The highest BCUT2D eigenvalue weighted by atomic mass is 15.2. The van der Waals surface area contributed by atoms with E-state index in [1.165, 1.54) is 0 Å². The van der Waals surface area contributed by atoms with Crippen molar-refractivity contribution in [3.05, 3.63) is 67.5 Å². The highest BCUT2D eigenvalue weighted by molar-refractivity contribution is 5.95. The van der Waals surface area contributed by atoms with E-state index in [0.717, 1.165) is 56.6 Å². The summed E-state index contributed by atoms with van der Waals surface area (Å²) in [7, 11) is 0. The van der Waals surface area contributed by atoms with Crippen LogP contribution in [0.15, 0.2) is 67.5 Å². The fourth-order valence-corrected chi connectivity index (χ4v) is 3.33. The van der Waals surface area contributed by atoms with E-state index < -0.39 is 0 Å². The topological polar surface area (TPSA) is 95.2 Å². The Balaban J connectivity index is 1.58. The van der Waals surface area contributed by atoms with Crippen LogP contribution in [-0.2, 0) is 0 Å². The highest BCUT2D eigenvalue weighted by Crippen LogP contribution is 2.31. The molecular weight excluding hydrogens is 362 g/mol. The van der Waals surface area contributed by atoms with E-state index in [4.69, 9.17) is 0 Å². The molecule has 0 saturated heterocycles. The third-order valence-electron chi connectivity index (χ3n) is 4.92. The predicted molar refractivity (Wildman–Crippen MR) is 115 cm³/mol. The zero-order valence-corrected chi connectivity index (χ0v) is 15.9. The second-order valence-corrected chi connectivity index (χ2v) is 6.88. The van der Waals surface area contributed by atoms with Gasteiger partial charge < -0.3 is 10.3 Å². The second-order valence-electron chi connectivity index (χ2n) is 6.88. The number of anilines is 1. The maximum atomic E-state index is 4.53. The molecule has 5 aromatic heterocycles. The van der Waals surface area contributed by atoms with Crippen LogP contribution >= 0.6 is 0 Å². The monoisotopic (exact) mass is 381 g/mol. The Morgan fingerprint density at radius 3 is 2.83 bits per heavy atom. The zero-order valence-electron chi connectivity index (χ0n) is 15.9. The minimum Gasteiger partial charge on any atom is -0.358 e. The van der Waals surface area contributed by atoms with Gasteiger partial charge in [-0.3, -0.25) is 15.1 Å². The molecule has 5 heterocycles. The number of nitrogens with one attached hydrogen (secondary N) is 3. The number of pyridine rings is 3. The number of aromatic nitrogens is 6. The van der Waals surface area contributed by atoms with Crippen LogP contribution in [0.5, 0.6) is 0 Å². The van der Waals surface area contributed by atoms with E-state index in [1.54, 1.807) is 12.4 Å². The maximum Gasteiger partial charge on any atom is 0.181 e. The first-order valence-electron chi connectivity index (χ1n) is 9.38. The number of rotatable bonds is 5. The SMILES string of the molecule is C=C(CC)Nc1cncc(-c2cnc3n[nH]c(-c4cc5ccncc5[nH]4)c3c2)c1. The number of hydrogen-bond donors (Lipinski definition) is 3. The van der Waals surface area contributed by atoms with Crippen molar-refractivity contribution in [1.82, 2.24) is 30.1 Å². The molecule has 5 rings (SSSR count). The fourth-order valence-electron chi connectivity index (χ4n) is 3.33. The minimum absolute atomic E-state index is 0.669. The molecule has 0 unspecified atom stereocenters. The van der Waals surface area contributed by atoms with Crippen molar-refractivity contribution in [3.8, 4) is 22.5 Å². The summed E-state index contributed by atoms with van der Waals surface area (Å²) in [6.45, 7) is 6.06. The van der Waals surface area contributed by atoms with Gasteiger partial charge in [-0.15, -0.1) is 0 Å². The van der Waals surface area contributed by atoms with Gasteiger partial charge in [0.1, 0.15) is 0 Å². The molecule has 0 aliphatic rings. The van der Waals surface area contributed by atoms with E-state index >= 15 is 0 Å². The number of nitrogens with zero attached hydrogens (tertiary/aromatic N) is 4. The summed E-state index contributed by atoms with van der Waals surface area (Å²) in [5, 5.41) is 12.8. The first kappa shape index (κ1) is 17.1. The van der Waals surface area contributed by atoms with Gasteiger partial charge >= 0.3 is 0 Å². The molecule has 142 valence electrons. The molecule has 0 fully saturated rings. The minimum atomic E-state index is 0.669. The summed E-state index contributed by atoms with van der Waals surface area (Å²) in [6, 6.07) is 8.19. The highest BCUT2D eigenvalue weighted by Gasteiger charge is 2.13. The van der Waals surface area contributed by atoms with Gasteiger partial charge in [0.2, 0.25) is 0 Å². The average Bonchev–Trinajstić information content (AvgIpc) is 3.37. The summed E-state index contributed by atoms with van der Waals surface area (Å²) >= 11 is 0. The molecule has 0 bridgehead atoms. The first-order chi connectivity index (χ1) is 14.2. The molecule has 3 N–H and O–H groups in total. The van der Waals surface area contributed by atoms with Gasteiger partial charge in [-0.05, 0) is 30.7 Å².